The molecule has 0 amide bonds. The first kappa shape index (κ1) is 14.6. The van der Waals surface area contributed by atoms with Gasteiger partial charge in [-0.05, 0) is 30.9 Å². The zero-order valence-corrected chi connectivity index (χ0v) is 13.3. The molecule has 0 aliphatic rings. The number of halogens is 2. The number of nitrogens with zero attached hydrogens (tertiary/aromatic N) is 1. The molecule has 0 aliphatic heterocycles. The fourth-order valence-electron chi connectivity index (χ4n) is 2.04. The number of benzene rings is 1. The number of aromatic nitrogens is 1. The van der Waals surface area contributed by atoms with E-state index in [1.165, 1.54) is 5.39 Å². The molecular formula is C15H18BrClN2. The second-order valence-electron chi connectivity index (χ2n) is 4.82. The van der Waals surface area contributed by atoms with Crippen molar-refractivity contribution in [2.75, 3.05) is 17.7 Å². The van der Waals surface area contributed by atoms with Gasteiger partial charge in [-0.25, -0.2) is 4.98 Å². The molecule has 0 bridgehead atoms. The van der Waals surface area contributed by atoms with Gasteiger partial charge in [-0.15, -0.1) is 11.6 Å². The summed E-state index contributed by atoms with van der Waals surface area (Å²) in [7, 11) is 0. The van der Waals surface area contributed by atoms with E-state index in [1.54, 1.807) is 0 Å². The lowest BCUT2D eigenvalue weighted by Crippen LogP contribution is -2.06. The highest BCUT2D eigenvalue weighted by atomic mass is 79.9. The lowest BCUT2D eigenvalue weighted by Gasteiger charge is -2.11. The fourth-order valence-corrected chi connectivity index (χ4v) is 2.70. The average molecular weight is 342 g/mol. The van der Waals surface area contributed by atoms with Crippen LogP contribution in [0.15, 0.2) is 34.9 Å². The van der Waals surface area contributed by atoms with Crippen molar-refractivity contribution in [2.24, 2.45) is 5.92 Å². The molecule has 1 aromatic heterocycles. The third-order valence-electron chi connectivity index (χ3n) is 3.18. The van der Waals surface area contributed by atoms with Crippen LogP contribution in [-0.2, 0) is 0 Å². The Bertz CT molecular complexity index is 545. The minimum Gasteiger partial charge on any atom is -0.370 e. The van der Waals surface area contributed by atoms with Crippen LogP contribution >= 0.6 is 27.5 Å². The summed E-state index contributed by atoms with van der Waals surface area (Å²) < 4.78 is 1.10. The highest BCUT2D eigenvalue weighted by Crippen LogP contribution is 2.27. The molecule has 2 rings (SSSR count). The monoisotopic (exact) mass is 340 g/mol. The zero-order chi connectivity index (χ0) is 13.7. The van der Waals surface area contributed by atoms with Crippen molar-refractivity contribution in [3.63, 3.8) is 0 Å². The molecule has 1 N–H and O–H groups in total. The number of hydrogen-bond donors (Lipinski definition) is 1. The summed E-state index contributed by atoms with van der Waals surface area (Å²) in [6.45, 7) is 3.11. The van der Waals surface area contributed by atoms with E-state index in [0.717, 1.165) is 40.9 Å². The predicted molar refractivity (Wildman–Crippen MR) is 87.1 cm³/mol. The van der Waals surface area contributed by atoms with Gasteiger partial charge in [0.25, 0.3) is 0 Å². The van der Waals surface area contributed by atoms with Crippen molar-refractivity contribution in [3.05, 3.63) is 34.9 Å². The second kappa shape index (κ2) is 7.11. The molecule has 0 spiro atoms. The smallest absolute Gasteiger partial charge is 0.133 e. The molecule has 0 fully saturated rings. The van der Waals surface area contributed by atoms with Crippen molar-refractivity contribution >= 4 is 44.1 Å². The average Bonchev–Trinajstić information content (AvgIpc) is 2.44. The minimum absolute atomic E-state index is 0.582. The van der Waals surface area contributed by atoms with Crippen molar-refractivity contribution in [1.29, 1.82) is 0 Å². The van der Waals surface area contributed by atoms with Crippen LogP contribution in [0.5, 0.6) is 0 Å². The lowest BCUT2D eigenvalue weighted by molar-refractivity contribution is 0.572. The molecule has 19 heavy (non-hydrogen) atoms. The van der Waals surface area contributed by atoms with E-state index >= 15 is 0 Å². The largest absolute Gasteiger partial charge is 0.370 e. The summed E-state index contributed by atoms with van der Waals surface area (Å²) in [5, 5.41) is 5.76. The third-order valence-corrected chi connectivity index (χ3v) is 4.40. The van der Waals surface area contributed by atoms with E-state index in [9.17, 15) is 0 Å². The van der Waals surface area contributed by atoms with E-state index in [2.05, 4.69) is 39.2 Å². The Hall–Kier alpha value is -0.800. The van der Waals surface area contributed by atoms with E-state index in [-0.39, 0.29) is 0 Å². The molecule has 0 radical (unpaired) electrons. The molecule has 0 saturated heterocycles. The molecule has 0 saturated carbocycles. The van der Waals surface area contributed by atoms with Crippen molar-refractivity contribution in [2.45, 2.75) is 19.8 Å². The first-order valence-electron chi connectivity index (χ1n) is 6.55. The maximum absolute atomic E-state index is 5.81. The van der Waals surface area contributed by atoms with E-state index < -0.39 is 0 Å². The molecule has 102 valence electrons. The van der Waals surface area contributed by atoms with Gasteiger partial charge in [-0.3, -0.25) is 0 Å². The third kappa shape index (κ3) is 3.83. The summed E-state index contributed by atoms with van der Waals surface area (Å²) in [5.41, 5.74) is 0. The Balaban J connectivity index is 2.03. The van der Waals surface area contributed by atoms with Crippen LogP contribution in [0.2, 0.25) is 0 Å². The number of fused-ring (bicyclic) bond motifs is 1. The van der Waals surface area contributed by atoms with Crippen molar-refractivity contribution in [1.82, 2.24) is 4.98 Å². The maximum Gasteiger partial charge on any atom is 0.133 e. The molecule has 1 unspecified atom stereocenters. The summed E-state index contributed by atoms with van der Waals surface area (Å²) >= 11 is 9.38. The van der Waals surface area contributed by atoms with Crippen LogP contribution in [0.1, 0.15) is 19.8 Å². The molecule has 2 aromatic rings. The van der Waals surface area contributed by atoms with Gasteiger partial charge >= 0.3 is 0 Å². The summed E-state index contributed by atoms with van der Waals surface area (Å²) in [6, 6.07) is 8.21. The maximum atomic E-state index is 5.81. The molecule has 0 aliphatic carbocycles. The second-order valence-corrected chi connectivity index (χ2v) is 5.99. The van der Waals surface area contributed by atoms with E-state index in [1.807, 2.05) is 24.4 Å². The first-order chi connectivity index (χ1) is 9.22. The molecule has 4 heteroatoms. The summed E-state index contributed by atoms with van der Waals surface area (Å²) in [5.74, 6) is 2.27. The standard InChI is InChI=1S/C15H18BrClN2/c1-11(10-17)4-3-8-18-15-13-5-2-6-14(16)12(13)7-9-19-15/h2,5-7,9,11H,3-4,8,10H2,1H3,(H,18,19). The molecule has 1 atom stereocenters. The van der Waals surface area contributed by atoms with Crippen molar-refractivity contribution in [3.8, 4) is 0 Å². The molecule has 1 heterocycles. The van der Waals surface area contributed by atoms with Gasteiger partial charge in [0.2, 0.25) is 0 Å². The Morgan fingerprint density at radius 2 is 2.16 bits per heavy atom. The number of anilines is 1. The normalized spacial score (nSPS) is 12.6. The Morgan fingerprint density at radius 1 is 1.32 bits per heavy atom. The van der Waals surface area contributed by atoms with Crippen LogP contribution in [0.3, 0.4) is 0 Å². The van der Waals surface area contributed by atoms with Crippen LogP contribution in [0, 0.1) is 5.92 Å². The highest BCUT2D eigenvalue weighted by Gasteiger charge is 2.04. The van der Waals surface area contributed by atoms with Gasteiger partial charge < -0.3 is 5.32 Å². The molecular weight excluding hydrogens is 324 g/mol. The lowest BCUT2D eigenvalue weighted by atomic mass is 10.1. The quantitative estimate of drug-likeness (QED) is 0.586. The van der Waals surface area contributed by atoms with Crippen LogP contribution < -0.4 is 5.32 Å². The Labute approximate surface area is 127 Å². The topological polar surface area (TPSA) is 24.9 Å². The van der Waals surface area contributed by atoms with Crippen LogP contribution in [-0.4, -0.2) is 17.4 Å². The van der Waals surface area contributed by atoms with Gasteiger partial charge in [0, 0.05) is 33.9 Å². The Kier molecular flexibility index (Phi) is 5.46. The highest BCUT2D eigenvalue weighted by molar-refractivity contribution is 9.10. The van der Waals surface area contributed by atoms with E-state index in [0.29, 0.717) is 5.92 Å². The first-order valence-corrected chi connectivity index (χ1v) is 7.88. The van der Waals surface area contributed by atoms with Gasteiger partial charge in [-0.2, -0.15) is 0 Å². The van der Waals surface area contributed by atoms with Crippen molar-refractivity contribution < 1.29 is 0 Å². The van der Waals surface area contributed by atoms with Gasteiger partial charge in [-0.1, -0.05) is 35.0 Å². The SMILES string of the molecule is CC(CCl)CCCNc1nccc2c(Br)cccc12. The van der Waals surface area contributed by atoms with Gasteiger partial charge in [0.1, 0.15) is 5.82 Å². The van der Waals surface area contributed by atoms with E-state index in [4.69, 9.17) is 11.6 Å². The number of hydrogen-bond acceptors (Lipinski definition) is 2. The van der Waals surface area contributed by atoms with Crippen LogP contribution in [0.4, 0.5) is 5.82 Å². The Morgan fingerprint density at radius 3 is 2.95 bits per heavy atom. The number of alkyl halides is 1. The fraction of sp³-hybridized carbons (Fsp3) is 0.400. The number of nitrogens with one attached hydrogen (secondary N) is 1. The number of rotatable bonds is 6. The molecule has 1 aromatic carbocycles. The summed E-state index contributed by atoms with van der Waals surface area (Å²) in [6.07, 6.45) is 4.10. The number of pyridine rings is 1. The van der Waals surface area contributed by atoms with Gasteiger partial charge in [0.15, 0.2) is 0 Å². The summed E-state index contributed by atoms with van der Waals surface area (Å²) in [4.78, 5) is 4.43. The minimum atomic E-state index is 0.582. The zero-order valence-electron chi connectivity index (χ0n) is 11.0. The predicted octanol–water partition coefficient (Wildman–Crippen LogP) is 5.06. The molecule has 2 nitrogen and oxygen atoms in total. The van der Waals surface area contributed by atoms with Crippen LogP contribution in [0.25, 0.3) is 10.8 Å². The van der Waals surface area contributed by atoms with Gasteiger partial charge in [0.05, 0.1) is 0 Å².